The summed E-state index contributed by atoms with van der Waals surface area (Å²) < 4.78 is 0. The lowest BCUT2D eigenvalue weighted by Crippen LogP contribution is -2.43. The second kappa shape index (κ2) is 6.36. The molecular weight excluding hydrogens is 222 g/mol. The Morgan fingerprint density at radius 2 is 1.61 bits per heavy atom. The van der Waals surface area contributed by atoms with E-state index in [2.05, 4.69) is 15.1 Å². The molecule has 3 heterocycles. The van der Waals surface area contributed by atoms with Crippen LogP contribution in [-0.4, -0.2) is 61.7 Å². The van der Waals surface area contributed by atoms with Gasteiger partial charge in [0.25, 0.3) is 0 Å². The average molecular weight is 251 g/mol. The number of nitrogens with one attached hydrogen (secondary N) is 1. The van der Waals surface area contributed by atoms with E-state index in [-0.39, 0.29) is 0 Å². The minimum absolute atomic E-state index is 0.912. The van der Waals surface area contributed by atoms with Crippen molar-refractivity contribution >= 4 is 0 Å². The van der Waals surface area contributed by atoms with Crippen molar-refractivity contribution in [1.29, 1.82) is 0 Å². The fourth-order valence-electron chi connectivity index (χ4n) is 4.17. The highest BCUT2D eigenvalue weighted by molar-refractivity contribution is 4.88. The second-order valence-electron chi connectivity index (χ2n) is 6.38. The van der Waals surface area contributed by atoms with Gasteiger partial charge in [0.1, 0.15) is 0 Å². The van der Waals surface area contributed by atoms with Gasteiger partial charge in [-0.1, -0.05) is 0 Å². The number of hydrogen-bond acceptors (Lipinski definition) is 3. The van der Waals surface area contributed by atoms with E-state index in [1.54, 1.807) is 0 Å². The summed E-state index contributed by atoms with van der Waals surface area (Å²) in [4.78, 5) is 5.48. The fourth-order valence-corrected chi connectivity index (χ4v) is 4.17. The van der Waals surface area contributed by atoms with E-state index in [1.165, 1.54) is 84.3 Å². The van der Waals surface area contributed by atoms with Gasteiger partial charge in [-0.15, -0.1) is 0 Å². The normalized spacial score (nSPS) is 32.3. The van der Waals surface area contributed by atoms with Gasteiger partial charge in [-0.25, -0.2) is 0 Å². The van der Waals surface area contributed by atoms with Gasteiger partial charge in [0.15, 0.2) is 0 Å². The summed E-state index contributed by atoms with van der Waals surface area (Å²) in [6, 6.07) is 0.912. The number of likely N-dealkylation sites (tertiary alicyclic amines) is 2. The molecule has 1 N–H and O–H groups in total. The molecule has 0 amide bonds. The zero-order valence-electron chi connectivity index (χ0n) is 11.7. The molecule has 3 rings (SSSR count). The Balaban J connectivity index is 1.47. The molecule has 3 aliphatic heterocycles. The third-order valence-corrected chi connectivity index (χ3v) is 5.24. The van der Waals surface area contributed by atoms with Crippen molar-refractivity contribution in [2.75, 3.05) is 45.8 Å². The summed E-state index contributed by atoms with van der Waals surface area (Å²) in [5.74, 6) is 0.979. The lowest BCUT2D eigenvalue weighted by atomic mass is 9.89. The molecule has 3 fully saturated rings. The highest BCUT2D eigenvalue weighted by Gasteiger charge is 2.32. The monoisotopic (exact) mass is 251 g/mol. The molecule has 1 unspecified atom stereocenters. The largest absolute Gasteiger partial charge is 0.317 e. The van der Waals surface area contributed by atoms with E-state index < -0.39 is 0 Å². The number of hydrogen-bond donors (Lipinski definition) is 1. The highest BCUT2D eigenvalue weighted by Crippen LogP contribution is 2.29. The third kappa shape index (κ3) is 3.06. The maximum absolute atomic E-state index is 3.50. The molecule has 0 aromatic rings. The zero-order valence-corrected chi connectivity index (χ0v) is 11.7. The second-order valence-corrected chi connectivity index (χ2v) is 6.38. The lowest BCUT2D eigenvalue weighted by molar-refractivity contribution is 0.147. The number of nitrogens with zero attached hydrogens (tertiary/aromatic N) is 2. The smallest absolute Gasteiger partial charge is 0.0125 e. The van der Waals surface area contributed by atoms with E-state index in [0.717, 1.165) is 12.0 Å². The molecule has 18 heavy (non-hydrogen) atoms. The zero-order chi connectivity index (χ0) is 12.2. The molecule has 3 nitrogen and oxygen atoms in total. The number of rotatable bonds is 4. The van der Waals surface area contributed by atoms with Crippen LogP contribution in [0.15, 0.2) is 0 Å². The summed E-state index contributed by atoms with van der Waals surface area (Å²) in [5, 5.41) is 3.50. The van der Waals surface area contributed by atoms with Crippen molar-refractivity contribution < 1.29 is 0 Å². The van der Waals surface area contributed by atoms with E-state index in [0.29, 0.717) is 0 Å². The van der Waals surface area contributed by atoms with Crippen LogP contribution < -0.4 is 5.32 Å². The van der Waals surface area contributed by atoms with Crippen molar-refractivity contribution in [3.05, 3.63) is 0 Å². The number of piperidine rings is 1. The van der Waals surface area contributed by atoms with Crippen molar-refractivity contribution in [3.63, 3.8) is 0 Å². The molecule has 3 heteroatoms. The maximum Gasteiger partial charge on any atom is 0.0125 e. The molecule has 0 radical (unpaired) electrons. The van der Waals surface area contributed by atoms with Gasteiger partial charge in [0.2, 0.25) is 0 Å². The van der Waals surface area contributed by atoms with Crippen LogP contribution in [-0.2, 0) is 0 Å². The topological polar surface area (TPSA) is 18.5 Å². The first-order valence-electron chi connectivity index (χ1n) is 8.10. The molecule has 104 valence electrons. The van der Waals surface area contributed by atoms with Crippen LogP contribution in [0.5, 0.6) is 0 Å². The van der Waals surface area contributed by atoms with Crippen LogP contribution in [0, 0.1) is 5.92 Å². The molecule has 0 aliphatic carbocycles. The van der Waals surface area contributed by atoms with Crippen LogP contribution >= 0.6 is 0 Å². The van der Waals surface area contributed by atoms with Crippen molar-refractivity contribution in [1.82, 2.24) is 15.1 Å². The van der Waals surface area contributed by atoms with Gasteiger partial charge in [0, 0.05) is 19.1 Å². The Morgan fingerprint density at radius 1 is 0.833 bits per heavy atom. The minimum Gasteiger partial charge on any atom is -0.317 e. The van der Waals surface area contributed by atoms with Gasteiger partial charge in [-0.05, 0) is 77.2 Å². The summed E-state index contributed by atoms with van der Waals surface area (Å²) in [7, 11) is 0. The molecule has 0 aromatic heterocycles. The molecule has 1 atom stereocenters. The van der Waals surface area contributed by atoms with Crippen LogP contribution in [0.2, 0.25) is 0 Å². The SMILES string of the molecule is C1CCN(CCN2CCCC2C2CCNCC2)C1. The van der Waals surface area contributed by atoms with E-state index in [1.807, 2.05) is 0 Å². The standard InChI is InChI=1S/C15H29N3/c1-2-10-17(9-1)12-13-18-11-3-4-15(18)14-5-7-16-8-6-14/h14-16H,1-13H2. The average Bonchev–Trinajstić information content (AvgIpc) is 3.09. The minimum atomic E-state index is 0.912. The van der Waals surface area contributed by atoms with Gasteiger partial charge >= 0.3 is 0 Å². The Bertz CT molecular complexity index is 244. The summed E-state index contributed by atoms with van der Waals surface area (Å²) >= 11 is 0. The molecule has 3 saturated heterocycles. The molecule has 0 saturated carbocycles. The van der Waals surface area contributed by atoms with Crippen LogP contribution in [0.4, 0.5) is 0 Å². The third-order valence-electron chi connectivity index (χ3n) is 5.24. The Morgan fingerprint density at radius 3 is 2.39 bits per heavy atom. The van der Waals surface area contributed by atoms with E-state index in [4.69, 9.17) is 0 Å². The first-order chi connectivity index (χ1) is 8.93. The predicted molar refractivity (Wildman–Crippen MR) is 75.9 cm³/mol. The summed E-state index contributed by atoms with van der Waals surface area (Å²) in [6.07, 6.45) is 8.57. The van der Waals surface area contributed by atoms with Gasteiger partial charge in [-0.2, -0.15) is 0 Å². The predicted octanol–water partition coefficient (Wildman–Crippen LogP) is 1.55. The van der Waals surface area contributed by atoms with Gasteiger partial charge in [0.05, 0.1) is 0 Å². The molecule has 0 bridgehead atoms. The molecular formula is C15H29N3. The summed E-state index contributed by atoms with van der Waals surface area (Å²) in [5.41, 5.74) is 0. The van der Waals surface area contributed by atoms with Gasteiger partial charge < -0.3 is 10.2 Å². The molecule has 0 spiro atoms. The van der Waals surface area contributed by atoms with E-state index in [9.17, 15) is 0 Å². The molecule has 0 aromatic carbocycles. The van der Waals surface area contributed by atoms with Crippen molar-refractivity contribution in [3.8, 4) is 0 Å². The van der Waals surface area contributed by atoms with Crippen molar-refractivity contribution in [2.24, 2.45) is 5.92 Å². The van der Waals surface area contributed by atoms with Crippen LogP contribution in [0.25, 0.3) is 0 Å². The van der Waals surface area contributed by atoms with Crippen LogP contribution in [0.3, 0.4) is 0 Å². The Hall–Kier alpha value is -0.120. The summed E-state index contributed by atoms with van der Waals surface area (Å²) in [6.45, 7) is 9.22. The van der Waals surface area contributed by atoms with Gasteiger partial charge in [-0.3, -0.25) is 4.90 Å². The lowest BCUT2D eigenvalue weighted by Gasteiger charge is -2.35. The molecule has 3 aliphatic rings. The Labute approximate surface area is 112 Å². The van der Waals surface area contributed by atoms with Crippen molar-refractivity contribution in [2.45, 2.75) is 44.6 Å². The highest BCUT2D eigenvalue weighted by atomic mass is 15.2. The van der Waals surface area contributed by atoms with E-state index >= 15 is 0 Å². The fraction of sp³-hybridized carbons (Fsp3) is 1.00. The first kappa shape index (κ1) is 12.9. The quantitative estimate of drug-likeness (QED) is 0.818. The van der Waals surface area contributed by atoms with Crippen LogP contribution in [0.1, 0.15) is 38.5 Å². The maximum atomic E-state index is 3.50. The Kier molecular flexibility index (Phi) is 4.55. The first-order valence-corrected chi connectivity index (χ1v) is 8.10.